The Bertz CT molecular complexity index is 880. The number of nitrogens with one attached hydrogen (secondary N) is 1. The standard InChI is InChI=1S/C22H20N2O3/c25-22(24-23-17-18-9-3-1-4-10-18)20-13-7-8-14-21(20)27-16-15-26-19-11-5-2-6-12-19/h1-14,17H,15-16H2,(H,24,25)/b23-17-. The zero-order valence-corrected chi connectivity index (χ0v) is 14.7. The van der Waals surface area contributed by atoms with Crippen LogP contribution in [0, 0.1) is 0 Å². The van der Waals surface area contributed by atoms with Crippen LogP contribution in [0.1, 0.15) is 15.9 Å². The van der Waals surface area contributed by atoms with Crippen molar-refractivity contribution in [2.45, 2.75) is 0 Å². The SMILES string of the molecule is O=C(N/N=C\c1ccccc1)c1ccccc1OCCOc1ccccc1. The fourth-order valence-corrected chi connectivity index (χ4v) is 2.37. The highest BCUT2D eigenvalue weighted by Gasteiger charge is 2.11. The molecule has 0 radical (unpaired) electrons. The molecule has 0 atom stereocenters. The average molecular weight is 360 g/mol. The number of hydrogen-bond donors (Lipinski definition) is 1. The van der Waals surface area contributed by atoms with Crippen molar-refractivity contribution in [3.05, 3.63) is 96.1 Å². The summed E-state index contributed by atoms with van der Waals surface area (Å²) >= 11 is 0. The minimum atomic E-state index is -0.332. The van der Waals surface area contributed by atoms with Gasteiger partial charge in [0.25, 0.3) is 5.91 Å². The number of amides is 1. The molecule has 0 saturated heterocycles. The van der Waals surface area contributed by atoms with E-state index in [-0.39, 0.29) is 5.91 Å². The Labute approximate surface area is 158 Å². The molecule has 1 N–H and O–H groups in total. The summed E-state index contributed by atoms with van der Waals surface area (Å²) in [5.41, 5.74) is 3.85. The topological polar surface area (TPSA) is 59.9 Å². The number of benzene rings is 3. The monoisotopic (exact) mass is 360 g/mol. The molecule has 136 valence electrons. The van der Waals surface area contributed by atoms with Crippen LogP contribution in [-0.2, 0) is 0 Å². The maximum atomic E-state index is 12.4. The number of carbonyl (C=O) groups is 1. The number of para-hydroxylation sites is 2. The van der Waals surface area contributed by atoms with Crippen LogP contribution in [0.15, 0.2) is 90.0 Å². The van der Waals surface area contributed by atoms with E-state index in [1.165, 1.54) is 0 Å². The van der Waals surface area contributed by atoms with E-state index in [0.717, 1.165) is 11.3 Å². The lowest BCUT2D eigenvalue weighted by molar-refractivity contribution is 0.0950. The smallest absolute Gasteiger partial charge is 0.275 e. The van der Waals surface area contributed by atoms with E-state index in [1.807, 2.05) is 66.7 Å². The van der Waals surface area contributed by atoms with Crippen LogP contribution in [0.25, 0.3) is 0 Å². The van der Waals surface area contributed by atoms with Crippen molar-refractivity contribution in [2.75, 3.05) is 13.2 Å². The van der Waals surface area contributed by atoms with Gasteiger partial charge in [0.1, 0.15) is 24.7 Å². The highest BCUT2D eigenvalue weighted by molar-refractivity contribution is 5.97. The summed E-state index contributed by atoms with van der Waals surface area (Å²) in [5.74, 6) is 0.936. The van der Waals surface area contributed by atoms with E-state index < -0.39 is 0 Å². The second kappa shape index (κ2) is 9.77. The van der Waals surface area contributed by atoms with Crippen molar-refractivity contribution >= 4 is 12.1 Å². The summed E-state index contributed by atoms with van der Waals surface area (Å²) in [7, 11) is 0. The molecule has 0 aliphatic carbocycles. The highest BCUT2D eigenvalue weighted by Crippen LogP contribution is 2.18. The maximum absolute atomic E-state index is 12.4. The van der Waals surface area contributed by atoms with E-state index in [2.05, 4.69) is 10.5 Å². The van der Waals surface area contributed by atoms with Crippen molar-refractivity contribution in [2.24, 2.45) is 5.10 Å². The fraction of sp³-hybridized carbons (Fsp3) is 0.0909. The Morgan fingerprint density at radius 3 is 2.22 bits per heavy atom. The number of carbonyl (C=O) groups excluding carboxylic acids is 1. The molecule has 3 aromatic rings. The van der Waals surface area contributed by atoms with Crippen LogP contribution in [-0.4, -0.2) is 25.3 Å². The van der Waals surface area contributed by atoms with Gasteiger partial charge in [-0.2, -0.15) is 5.10 Å². The van der Waals surface area contributed by atoms with Crippen LogP contribution in [0.3, 0.4) is 0 Å². The first-order valence-corrected chi connectivity index (χ1v) is 8.61. The number of nitrogens with zero attached hydrogens (tertiary/aromatic N) is 1. The second-order valence-corrected chi connectivity index (χ2v) is 5.62. The first kappa shape index (κ1) is 18.2. The van der Waals surface area contributed by atoms with Gasteiger partial charge in [0, 0.05) is 0 Å². The highest BCUT2D eigenvalue weighted by atomic mass is 16.5. The Balaban J connectivity index is 1.53. The zero-order chi connectivity index (χ0) is 18.7. The first-order valence-electron chi connectivity index (χ1n) is 8.61. The molecular weight excluding hydrogens is 340 g/mol. The number of rotatable bonds is 8. The molecule has 0 fully saturated rings. The van der Waals surface area contributed by atoms with Crippen LogP contribution in [0.2, 0.25) is 0 Å². The van der Waals surface area contributed by atoms with Crippen molar-refractivity contribution < 1.29 is 14.3 Å². The van der Waals surface area contributed by atoms with Gasteiger partial charge in [-0.25, -0.2) is 5.43 Å². The summed E-state index contributed by atoms with van der Waals surface area (Å²) in [6.45, 7) is 0.707. The summed E-state index contributed by atoms with van der Waals surface area (Å²) < 4.78 is 11.3. The van der Waals surface area contributed by atoms with Gasteiger partial charge in [-0.15, -0.1) is 0 Å². The lowest BCUT2D eigenvalue weighted by atomic mass is 10.2. The predicted octanol–water partition coefficient (Wildman–Crippen LogP) is 3.91. The van der Waals surface area contributed by atoms with E-state index in [1.54, 1.807) is 24.4 Å². The summed E-state index contributed by atoms with van der Waals surface area (Å²) in [4.78, 5) is 12.4. The predicted molar refractivity (Wildman–Crippen MR) is 105 cm³/mol. The van der Waals surface area contributed by atoms with Gasteiger partial charge >= 0.3 is 0 Å². The molecule has 0 aliphatic heterocycles. The minimum Gasteiger partial charge on any atom is -0.490 e. The Hall–Kier alpha value is -3.60. The molecule has 5 nitrogen and oxygen atoms in total. The summed E-state index contributed by atoms with van der Waals surface area (Å²) in [5, 5.41) is 3.99. The lowest BCUT2D eigenvalue weighted by Crippen LogP contribution is -2.19. The van der Waals surface area contributed by atoms with Gasteiger partial charge in [0.2, 0.25) is 0 Å². The molecule has 3 aromatic carbocycles. The van der Waals surface area contributed by atoms with Gasteiger partial charge in [0.15, 0.2) is 0 Å². The van der Waals surface area contributed by atoms with Crippen molar-refractivity contribution in [1.82, 2.24) is 5.43 Å². The van der Waals surface area contributed by atoms with Gasteiger partial charge in [-0.3, -0.25) is 4.79 Å². The van der Waals surface area contributed by atoms with Gasteiger partial charge < -0.3 is 9.47 Å². The van der Waals surface area contributed by atoms with Crippen molar-refractivity contribution in [3.8, 4) is 11.5 Å². The molecule has 27 heavy (non-hydrogen) atoms. The van der Waals surface area contributed by atoms with Crippen LogP contribution in [0.5, 0.6) is 11.5 Å². The second-order valence-electron chi connectivity index (χ2n) is 5.62. The molecular formula is C22H20N2O3. The lowest BCUT2D eigenvalue weighted by Gasteiger charge is -2.11. The Morgan fingerprint density at radius 1 is 0.815 bits per heavy atom. The van der Waals surface area contributed by atoms with Crippen LogP contribution >= 0.6 is 0 Å². The van der Waals surface area contributed by atoms with Gasteiger partial charge in [-0.1, -0.05) is 60.7 Å². The average Bonchev–Trinajstić information content (AvgIpc) is 2.73. The minimum absolute atomic E-state index is 0.326. The molecule has 0 saturated carbocycles. The van der Waals surface area contributed by atoms with Gasteiger partial charge in [0.05, 0.1) is 11.8 Å². The van der Waals surface area contributed by atoms with E-state index in [4.69, 9.17) is 9.47 Å². The van der Waals surface area contributed by atoms with Crippen molar-refractivity contribution in [3.63, 3.8) is 0 Å². The third kappa shape index (κ3) is 5.71. The third-order valence-electron chi connectivity index (χ3n) is 3.66. The van der Waals surface area contributed by atoms with E-state index in [0.29, 0.717) is 24.5 Å². The van der Waals surface area contributed by atoms with Crippen molar-refractivity contribution in [1.29, 1.82) is 0 Å². The zero-order valence-electron chi connectivity index (χ0n) is 14.7. The summed E-state index contributed by atoms with van der Waals surface area (Å²) in [6.07, 6.45) is 1.59. The molecule has 3 rings (SSSR count). The molecule has 0 heterocycles. The fourth-order valence-electron chi connectivity index (χ4n) is 2.37. The Kier molecular flexibility index (Phi) is 6.59. The quantitative estimate of drug-likeness (QED) is 0.376. The van der Waals surface area contributed by atoms with E-state index >= 15 is 0 Å². The molecule has 0 aromatic heterocycles. The van der Waals surface area contributed by atoms with E-state index in [9.17, 15) is 4.79 Å². The Morgan fingerprint density at radius 2 is 1.44 bits per heavy atom. The number of ether oxygens (including phenoxy) is 2. The van der Waals surface area contributed by atoms with Gasteiger partial charge in [-0.05, 0) is 29.8 Å². The van der Waals surface area contributed by atoms with Crippen LogP contribution < -0.4 is 14.9 Å². The largest absolute Gasteiger partial charge is 0.490 e. The van der Waals surface area contributed by atoms with Crippen LogP contribution in [0.4, 0.5) is 0 Å². The molecule has 1 amide bonds. The first-order chi connectivity index (χ1) is 13.3. The molecule has 0 aliphatic rings. The molecule has 0 spiro atoms. The molecule has 0 bridgehead atoms. The number of hydrazone groups is 1. The molecule has 5 heteroatoms. The summed E-state index contributed by atoms with van der Waals surface area (Å²) in [6, 6.07) is 26.1. The number of hydrogen-bond acceptors (Lipinski definition) is 4. The normalized spacial score (nSPS) is 10.5. The maximum Gasteiger partial charge on any atom is 0.275 e. The third-order valence-corrected chi connectivity index (χ3v) is 3.66. The molecule has 0 unspecified atom stereocenters.